The van der Waals surface area contributed by atoms with Crippen molar-refractivity contribution in [2.45, 2.75) is 121 Å². The number of esters is 1. The predicted molar refractivity (Wildman–Crippen MR) is 263 cm³/mol. The average Bonchev–Trinajstić information content (AvgIpc) is 3.62. The molecule has 1 aromatic heterocycles. The summed E-state index contributed by atoms with van der Waals surface area (Å²) in [5, 5.41) is 30.0. The number of nitrogens with zero attached hydrogens (tertiary/aromatic N) is 8. The molecule has 5 aliphatic rings. The van der Waals surface area contributed by atoms with E-state index < -0.39 is 54.2 Å². The monoisotopic (exact) mass is 1030 g/mol. The molecule has 1 atom stereocenters. The van der Waals surface area contributed by atoms with E-state index in [1.165, 1.54) is 6.07 Å². The summed E-state index contributed by atoms with van der Waals surface area (Å²) in [7, 11) is 0. The van der Waals surface area contributed by atoms with Crippen molar-refractivity contribution in [3.63, 3.8) is 0 Å². The first kappa shape index (κ1) is 52.6. The van der Waals surface area contributed by atoms with E-state index in [1.54, 1.807) is 24.3 Å². The number of likely N-dealkylation sites (tertiary alicyclic amines) is 1. The standard InChI is InChI=1S/C52H61ClFN9O10/c53-40-27-37(12-9-34(40)30-55)73-36-13-10-35(11-14-36)56-49(68)42-15-17-45(58-57-42)61-21-19-33(20-22-61)31-59-23-25-60(26-24-59)44-29-39-38(28-41(44)54)50(69)63(51(39)70)43-16-18-46(64)62(52(43)71)32-72-48(67)8-6-4-2-1-3-5-7-47(65)66/h9,12,15,17,27-29,33,35-36,43H,1-8,10-11,13-14,16,18-26,31-32H2,(H,56,68)(H,65,66). The van der Waals surface area contributed by atoms with Gasteiger partial charge in [0.05, 0.1) is 33.5 Å². The molecule has 19 nitrogen and oxygen atoms in total. The number of aliphatic carboxylic acids is 1. The number of hydrogen-bond donors (Lipinski definition) is 2. The van der Waals surface area contributed by atoms with Crippen molar-refractivity contribution in [1.29, 1.82) is 5.26 Å². The van der Waals surface area contributed by atoms with Crippen LogP contribution in [-0.4, -0.2) is 142 Å². The van der Waals surface area contributed by atoms with Gasteiger partial charge in [0, 0.05) is 77.2 Å². The summed E-state index contributed by atoms with van der Waals surface area (Å²) in [6.07, 6.45) is 9.10. The van der Waals surface area contributed by atoms with Gasteiger partial charge in [0.25, 0.3) is 23.6 Å². The fourth-order valence-corrected chi connectivity index (χ4v) is 10.6. The molecule has 5 heterocycles. The molecule has 21 heteroatoms. The van der Waals surface area contributed by atoms with Crippen LogP contribution >= 0.6 is 11.6 Å². The fraction of sp³-hybridized carbons (Fsp3) is 0.538. The van der Waals surface area contributed by atoms with Crippen LogP contribution in [0, 0.1) is 23.1 Å². The molecule has 0 radical (unpaired) electrons. The molecule has 1 saturated carbocycles. The topological polar surface area (TPSA) is 236 Å². The minimum atomic E-state index is -1.33. The molecule has 2 aromatic carbocycles. The highest BCUT2D eigenvalue weighted by molar-refractivity contribution is 6.31. The summed E-state index contributed by atoms with van der Waals surface area (Å²) in [6, 6.07) is 11.7. The second-order valence-electron chi connectivity index (χ2n) is 19.5. The largest absolute Gasteiger partial charge is 0.490 e. The average molecular weight is 1030 g/mol. The van der Waals surface area contributed by atoms with Gasteiger partial charge in [0.1, 0.15) is 23.7 Å². The molecule has 4 aliphatic heterocycles. The number of nitrogens with one attached hydrogen (secondary N) is 1. The first-order valence-electron chi connectivity index (χ1n) is 25.4. The van der Waals surface area contributed by atoms with Crippen molar-refractivity contribution in [3.05, 3.63) is 75.7 Å². The van der Waals surface area contributed by atoms with E-state index in [0.717, 1.165) is 99.7 Å². The number of carboxylic acids is 1. The van der Waals surface area contributed by atoms with E-state index in [4.69, 9.17) is 31.4 Å². The number of benzene rings is 2. The maximum Gasteiger partial charge on any atom is 0.307 e. The van der Waals surface area contributed by atoms with Crippen LogP contribution in [-0.2, 0) is 23.9 Å². The summed E-state index contributed by atoms with van der Waals surface area (Å²) in [4.78, 5) is 97.9. The number of piperazine rings is 1. The lowest BCUT2D eigenvalue weighted by Crippen LogP contribution is -2.56. The summed E-state index contributed by atoms with van der Waals surface area (Å²) in [5.41, 5.74) is 0.676. The Morgan fingerprint density at radius 1 is 0.795 bits per heavy atom. The number of rotatable bonds is 20. The number of halogens is 2. The molecule has 3 saturated heterocycles. The third kappa shape index (κ3) is 13.1. The van der Waals surface area contributed by atoms with Gasteiger partial charge in [0.15, 0.2) is 18.2 Å². The number of ether oxygens (including phenoxy) is 2. The molecular formula is C52H61ClFN9O10. The highest BCUT2D eigenvalue weighted by Crippen LogP contribution is 2.35. The summed E-state index contributed by atoms with van der Waals surface area (Å²) < 4.78 is 27.1. The lowest BCUT2D eigenvalue weighted by molar-refractivity contribution is -0.163. The molecule has 3 aromatic rings. The molecule has 8 rings (SSSR count). The highest BCUT2D eigenvalue weighted by Gasteiger charge is 2.48. The number of piperidine rings is 2. The first-order valence-corrected chi connectivity index (χ1v) is 25.8. The third-order valence-electron chi connectivity index (χ3n) is 14.6. The second kappa shape index (κ2) is 24.3. The van der Waals surface area contributed by atoms with Gasteiger partial charge in [0.2, 0.25) is 5.91 Å². The van der Waals surface area contributed by atoms with E-state index in [2.05, 4.69) is 25.3 Å². The summed E-state index contributed by atoms with van der Waals surface area (Å²) in [6.45, 7) is 4.09. The number of nitriles is 1. The van der Waals surface area contributed by atoms with Crippen molar-refractivity contribution in [2.75, 3.05) is 62.3 Å². The Kier molecular flexibility index (Phi) is 17.5. The van der Waals surface area contributed by atoms with Crippen LogP contribution in [0.1, 0.15) is 140 Å². The zero-order valence-electron chi connectivity index (χ0n) is 40.8. The van der Waals surface area contributed by atoms with E-state index in [-0.39, 0.29) is 66.2 Å². The number of imide groups is 2. The SMILES string of the molecule is N#Cc1ccc(OC2CCC(NC(=O)c3ccc(N4CCC(CN5CCN(c6cc7c(cc6F)C(=O)N(C6CCC(=O)N(COC(=O)CCCCCCCCC(=O)O)C6=O)C7=O)CC5)CC4)nn3)CC2)cc1Cl. The van der Waals surface area contributed by atoms with Crippen molar-refractivity contribution in [3.8, 4) is 11.8 Å². The van der Waals surface area contributed by atoms with E-state index >= 15 is 4.39 Å². The molecule has 1 unspecified atom stereocenters. The number of anilines is 2. The normalized spacial score (nSPS) is 20.8. The Bertz CT molecular complexity index is 2590. The summed E-state index contributed by atoms with van der Waals surface area (Å²) in [5.74, 6) is -3.62. The van der Waals surface area contributed by atoms with Gasteiger partial charge in [-0.3, -0.25) is 43.4 Å². The van der Waals surface area contributed by atoms with Crippen LogP contribution in [0.15, 0.2) is 42.5 Å². The zero-order valence-corrected chi connectivity index (χ0v) is 41.5. The minimum Gasteiger partial charge on any atom is -0.490 e. The number of aromatic nitrogens is 2. The van der Waals surface area contributed by atoms with Crippen LogP contribution < -0.4 is 19.9 Å². The smallest absolute Gasteiger partial charge is 0.307 e. The molecule has 4 fully saturated rings. The third-order valence-corrected chi connectivity index (χ3v) is 14.9. The van der Waals surface area contributed by atoms with Crippen molar-refractivity contribution in [1.82, 2.24) is 30.2 Å². The van der Waals surface area contributed by atoms with Crippen LogP contribution in [0.2, 0.25) is 5.02 Å². The van der Waals surface area contributed by atoms with Gasteiger partial charge >= 0.3 is 11.9 Å². The Labute approximate surface area is 427 Å². The van der Waals surface area contributed by atoms with Crippen molar-refractivity contribution >= 4 is 64.6 Å². The molecule has 2 N–H and O–H groups in total. The first-order chi connectivity index (χ1) is 35.3. The van der Waals surface area contributed by atoms with E-state index in [1.807, 2.05) is 17.0 Å². The Hall–Kier alpha value is -6.72. The lowest BCUT2D eigenvalue weighted by atomic mass is 9.93. The number of unbranched alkanes of at least 4 members (excludes halogenated alkanes) is 5. The van der Waals surface area contributed by atoms with Crippen LogP contribution in [0.3, 0.4) is 0 Å². The highest BCUT2D eigenvalue weighted by atomic mass is 35.5. The van der Waals surface area contributed by atoms with Crippen LogP contribution in [0.4, 0.5) is 15.9 Å². The molecule has 388 valence electrons. The quantitative estimate of drug-likeness (QED) is 0.0737. The van der Waals surface area contributed by atoms with Crippen molar-refractivity contribution in [2.24, 2.45) is 5.92 Å². The number of carbonyl (C=O) groups is 7. The van der Waals surface area contributed by atoms with E-state index in [9.17, 15) is 33.6 Å². The molecule has 1 aliphatic carbocycles. The number of carboxylic acid groups (broad SMARTS) is 1. The van der Waals surface area contributed by atoms with Gasteiger partial charge in [-0.05, 0) is 100 Å². The minimum absolute atomic E-state index is 0.00729. The second-order valence-corrected chi connectivity index (χ2v) is 19.9. The predicted octanol–water partition coefficient (Wildman–Crippen LogP) is 6.12. The number of hydrogen-bond acceptors (Lipinski definition) is 15. The lowest BCUT2D eigenvalue weighted by Gasteiger charge is -2.39. The Morgan fingerprint density at radius 2 is 1.48 bits per heavy atom. The Morgan fingerprint density at radius 3 is 2.14 bits per heavy atom. The fourth-order valence-electron chi connectivity index (χ4n) is 10.4. The molecular weight excluding hydrogens is 965 g/mol. The maximum atomic E-state index is 15.8. The molecule has 73 heavy (non-hydrogen) atoms. The molecule has 5 amide bonds. The van der Waals surface area contributed by atoms with Crippen LogP contribution in [0.25, 0.3) is 0 Å². The number of fused-ring (bicyclic) bond motifs is 1. The number of amides is 5. The number of carbonyl (C=O) groups excluding carboxylic acids is 6. The van der Waals surface area contributed by atoms with Crippen molar-refractivity contribution < 1.29 is 52.5 Å². The summed E-state index contributed by atoms with van der Waals surface area (Å²) >= 11 is 6.15. The van der Waals surface area contributed by atoms with Gasteiger partial charge in [-0.15, -0.1) is 10.2 Å². The molecule has 0 spiro atoms. The maximum absolute atomic E-state index is 15.8. The van der Waals surface area contributed by atoms with E-state index in [0.29, 0.717) is 67.1 Å². The van der Waals surface area contributed by atoms with Crippen LogP contribution in [0.5, 0.6) is 5.75 Å². The van der Waals surface area contributed by atoms with Gasteiger partial charge in [-0.25, -0.2) is 9.29 Å². The zero-order chi connectivity index (χ0) is 51.6. The molecule has 0 bridgehead atoms. The van der Waals surface area contributed by atoms with Gasteiger partial charge in [-0.1, -0.05) is 37.3 Å². The van der Waals surface area contributed by atoms with Gasteiger partial charge < -0.3 is 29.7 Å². The van der Waals surface area contributed by atoms with Gasteiger partial charge in [-0.2, -0.15) is 5.26 Å². The Balaban J connectivity index is 0.744.